The van der Waals surface area contributed by atoms with Crippen LogP contribution in [0.5, 0.6) is 0 Å². The number of ether oxygens (including phenoxy) is 1. The average Bonchev–Trinajstić information content (AvgIpc) is 2.27. The van der Waals surface area contributed by atoms with E-state index in [1.54, 1.807) is 11.8 Å². The van der Waals surface area contributed by atoms with Crippen LogP contribution in [0.1, 0.15) is 27.2 Å². The van der Waals surface area contributed by atoms with Gasteiger partial charge in [0, 0.05) is 19.0 Å². The maximum Gasteiger partial charge on any atom is 0.245 e. The Morgan fingerprint density at radius 2 is 2.19 bits per heavy atom. The third-order valence-corrected chi connectivity index (χ3v) is 2.48. The molecule has 0 aromatic heterocycles. The maximum atomic E-state index is 11.9. The molecule has 1 fully saturated rings. The summed E-state index contributed by atoms with van der Waals surface area (Å²) in [7, 11) is 0. The van der Waals surface area contributed by atoms with Gasteiger partial charge in [-0.25, -0.2) is 0 Å². The van der Waals surface area contributed by atoms with Gasteiger partial charge in [-0.05, 0) is 13.8 Å². The minimum absolute atomic E-state index is 0.00667. The number of morpholine rings is 1. The second-order valence-corrected chi connectivity index (χ2v) is 4.19. The summed E-state index contributed by atoms with van der Waals surface area (Å²) in [5, 5.41) is 2.81. The van der Waals surface area contributed by atoms with E-state index in [2.05, 4.69) is 5.32 Å². The van der Waals surface area contributed by atoms with Crippen molar-refractivity contribution in [3.05, 3.63) is 0 Å². The zero-order valence-corrected chi connectivity index (χ0v) is 10.2. The van der Waals surface area contributed by atoms with Crippen LogP contribution in [0.4, 0.5) is 0 Å². The Balaban J connectivity index is 2.66. The molecule has 92 valence electrons. The molecule has 0 aliphatic carbocycles. The smallest absolute Gasteiger partial charge is 0.245 e. The van der Waals surface area contributed by atoms with E-state index in [9.17, 15) is 9.59 Å². The second kappa shape index (κ2) is 5.84. The van der Waals surface area contributed by atoms with Crippen molar-refractivity contribution >= 4 is 11.8 Å². The lowest BCUT2D eigenvalue weighted by molar-refractivity contribution is -0.148. The number of carbonyl (C=O) groups excluding carboxylic acids is 2. The van der Waals surface area contributed by atoms with Crippen molar-refractivity contribution in [3.63, 3.8) is 0 Å². The number of carbonyl (C=O) groups is 2. The van der Waals surface area contributed by atoms with Crippen LogP contribution in [0.2, 0.25) is 0 Å². The normalized spacial score (nSPS) is 21.0. The summed E-state index contributed by atoms with van der Waals surface area (Å²) in [4.78, 5) is 25.1. The molecule has 0 aromatic rings. The van der Waals surface area contributed by atoms with Crippen molar-refractivity contribution in [1.82, 2.24) is 10.2 Å². The first-order valence-corrected chi connectivity index (χ1v) is 5.73. The summed E-state index contributed by atoms with van der Waals surface area (Å²) in [5.74, 6) is -0.122. The van der Waals surface area contributed by atoms with Gasteiger partial charge in [-0.2, -0.15) is 0 Å². The van der Waals surface area contributed by atoms with Gasteiger partial charge in [-0.3, -0.25) is 9.59 Å². The quantitative estimate of drug-likeness (QED) is 0.748. The predicted octanol–water partition coefficient (Wildman–Crippen LogP) is 0.148. The molecule has 1 atom stereocenters. The van der Waals surface area contributed by atoms with Crippen LogP contribution >= 0.6 is 0 Å². The Bertz CT molecular complexity index is 266. The number of nitrogens with one attached hydrogen (secondary N) is 1. The first-order valence-electron chi connectivity index (χ1n) is 5.73. The van der Waals surface area contributed by atoms with E-state index < -0.39 is 6.04 Å². The van der Waals surface area contributed by atoms with Crippen LogP contribution in [0.15, 0.2) is 0 Å². The summed E-state index contributed by atoms with van der Waals surface area (Å²) in [6.07, 6.45) is 0.422. The number of hydrogen-bond acceptors (Lipinski definition) is 3. The van der Waals surface area contributed by atoms with Crippen molar-refractivity contribution < 1.29 is 14.3 Å². The lowest BCUT2D eigenvalue weighted by atomic mass is 10.2. The zero-order valence-electron chi connectivity index (χ0n) is 10.2. The molecule has 1 saturated heterocycles. The molecule has 1 aliphatic rings. The summed E-state index contributed by atoms with van der Waals surface area (Å²) < 4.78 is 5.25. The lowest BCUT2D eigenvalue weighted by Gasteiger charge is -2.34. The van der Waals surface area contributed by atoms with Crippen molar-refractivity contribution in [1.29, 1.82) is 0 Å². The molecule has 5 nitrogen and oxygen atoms in total. The number of amides is 2. The van der Waals surface area contributed by atoms with Crippen molar-refractivity contribution in [3.8, 4) is 0 Å². The minimum atomic E-state index is -0.469. The Labute approximate surface area is 96.1 Å². The third kappa shape index (κ3) is 3.20. The molecule has 5 heteroatoms. The number of rotatable bonds is 3. The Hall–Kier alpha value is -1.10. The molecule has 16 heavy (non-hydrogen) atoms. The van der Waals surface area contributed by atoms with Gasteiger partial charge in [-0.15, -0.1) is 0 Å². The Morgan fingerprint density at radius 3 is 2.75 bits per heavy atom. The first-order chi connectivity index (χ1) is 7.56. The molecule has 1 unspecified atom stereocenters. The fraction of sp³-hybridized carbons (Fsp3) is 0.818. The SMILES string of the molecule is CCC(=O)N1CCOCC1C(=O)NC(C)C. The topological polar surface area (TPSA) is 58.6 Å². The van der Waals surface area contributed by atoms with Crippen LogP contribution in [-0.4, -0.2) is 48.6 Å². The van der Waals surface area contributed by atoms with E-state index in [0.717, 1.165) is 0 Å². The highest BCUT2D eigenvalue weighted by molar-refractivity contribution is 5.88. The van der Waals surface area contributed by atoms with Crippen LogP contribution in [0.25, 0.3) is 0 Å². The fourth-order valence-electron chi connectivity index (χ4n) is 1.70. The molecule has 0 radical (unpaired) electrons. The van der Waals surface area contributed by atoms with Crippen LogP contribution in [0, 0.1) is 0 Å². The summed E-state index contributed by atoms with van der Waals surface area (Å²) in [5.41, 5.74) is 0. The van der Waals surface area contributed by atoms with Gasteiger partial charge in [0.15, 0.2) is 0 Å². The predicted molar refractivity (Wildman–Crippen MR) is 59.9 cm³/mol. The van der Waals surface area contributed by atoms with Crippen LogP contribution < -0.4 is 5.32 Å². The largest absolute Gasteiger partial charge is 0.377 e. The van der Waals surface area contributed by atoms with Crippen molar-refractivity contribution in [2.75, 3.05) is 19.8 Å². The van der Waals surface area contributed by atoms with Gasteiger partial charge in [0.1, 0.15) is 6.04 Å². The highest BCUT2D eigenvalue weighted by Gasteiger charge is 2.32. The van der Waals surface area contributed by atoms with Gasteiger partial charge < -0.3 is 15.0 Å². The molecule has 1 aliphatic heterocycles. The molecule has 1 rings (SSSR count). The summed E-state index contributed by atoms with van der Waals surface area (Å²) in [6.45, 7) is 6.90. The molecule has 1 heterocycles. The number of nitrogens with zero attached hydrogens (tertiary/aromatic N) is 1. The molecule has 2 amide bonds. The Morgan fingerprint density at radius 1 is 1.50 bits per heavy atom. The molecule has 0 bridgehead atoms. The maximum absolute atomic E-state index is 11.9. The standard InChI is InChI=1S/C11H20N2O3/c1-4-10(14)13-5-6-16-7-9(13)11(15)12-8(2)3/h8-9H,4-7H2,1-3H3,(H,12,15). The number of hydrogen-bond donors (Lipinski definition) is 1. The molecular weight excluding hydrogens is 208 g/mol. The van der Waals surface area contributed by atoms with Crippen LogP contribution in [-0.2, 0) is 14.3 Å². The van der Waals surface area contributed by atoms with E-state index in [1.165, 1.54) is 0 Å². The summed E-state index contributed by atoms with van der Waals surface area (Å²) in [6, 6.07) is -0.392. The highest BCUT2D eigenvalue weighted by Crippen LogP contribution is 2.09. The summed E-state index contributed by atoms with van der Waals surface area (Å²) >= 11 is 0. The second-order valence-electron chi connectivity index (χ2n) is 4.19. The fourth-order valence-corrected chi connectivity index (χ4v) is 1.70. The third-order valence-electron chi connectivity index (χ3n) is 2.48. The highest BCUT2D eigenvalue weighted by atomic mass is 16.5. The monoisotopic (exact) mass is 228 g/mol. The minimum Gasteiger partial charge on any atom is -0.377 e. The van der Waals surface area contributed by atoms with E-state index in [4.69, 9.17) is 4.74 Å². The van der Waals surface area contributed by atoms with Gasteiger partial charge in [0.2, 0.25) is 11.8 Å². The molecule has 0 saturated carbocycles. The zero-order chi connectivity index (χ0) is 12.1. The molecule has 1 N–H and O–H groups in total. The van der Waals surface area contributed by atoms with Gasteiger partial charge in [-0.1, -0.05) is 6.92 Å². The van der Waals surface area contributed by atoms with E-state index in [-0.39, 0.29) is 17.9 Å². The van der Waals surface area contributed by atoms with E-state index >= 15 is 0 Å². The van der Waals surface area contributed by atoms with Gasteiger partial charge in [0.05, 0.1) is 13.2 Å². The average molecular weight is 228 g/mol. The van der Waals surface area contributed by atoms with Crippen molar-refractivity contribution in [2.24, 2.45) is 0 Å². The van der Waals surface area contributed by atoms with E-state index in [1.807, 2.05) is 13.8 Å². The Kier molecular flexibility index (Phi) is 4.73. The molecular formula is C11H20N2O3. The lowest BCUT2D eigenvalue weighted by Crippen LogP contribution is -2.56. The molecule has 0 aromatic carbocycles. The van der Waals surface area contributed by atoms with Crippen LogP contribution in [0.3, 0.4) is 0 Å². The van der Waals surface area contributed by atoms with Gasteiger partial charge in [0.25, 0.3) is 0 Å². The van der Waals surface area contributed by atoms with Gasteiger partial charge >= 0.3 is 0 Å². The van der Waals surface area contributed by atoms with E-state index in [0.29, 0.717) is 26.2 Å². The molecule has 0 spiro atoms. The first kappa shape index (κ1) is 13.0. The van der Waals surface area contributed by atoms with Crippen molar-refractivity contribution in [2.45, 2.75) is 39.3 Å².